The number of carbonyl (C=O) groups is 1. The number of methoxy groups -OCH3 is 1. The predicted octanol–water partition coefficient (Wildman–Crippen LogP) is 4.05. The maximum absolute atomic E-state index is 13.0. The van der Waals surface area contributed by atoms with Crippen LogP contribution < -0.4 is 14.8 Å². The summed E-state index contributed by atoms with van der Waals surface area (Å²) in [4.78, 5) is 13.0. The van der Waals surface area contributed by atoms with Gasteiger partial charge in [0.2, 0.25) is 10.0 Å². The van der Waals surface area contributed by atoms with Crippen molar-refractivity contribution >= 4 is 21.6 Å². The molecule has 2 aliphatic rings. The van der Waals surface area contributed by atoms with E-state index in [9.17, 15) is 13.2 Å². The van der Waals surface area contributed by atoms with Crippen molar-refractivity contribution in [1.29, 1.82) is 0 Å². The number of rotatable bonds is 6. The monoisotopic (exact) mass is 428 g/mol. The number of hydrogen-bond acceptors (Lipinski definition) is 4. The lowest BCUT2D eigenvalue weighted by atomic mass is 9.90. The molecule has 1 fully saturated rings. The van der Waals surface area contributed by atoms with Crippen LogP contribution in [0.1, 0.15) is 60.0 Å². The molecule has 0 unspecified atom stereocenters. The number of amides is 1. The maximum Gasteiger partial charge on any atom is 0.255 e. The zero-order valence-corrected chi connectivity index (χ0v) is 18.1. The molecule has 0 atom stereocenters. The highest BCUT2D eigenvalue weighted by Crippen LogP contribution is 2.30. The highest BCUT2D eigenvalue weighted by molar-refractivity contribution is 7.89. The molecule has 0 bridgehead atoms. The van der Waals surface area contributed by atoms with Crippen molar-refractivity contribution in [3.8, 4) is 5.75 Å². The molecule has 0 saturated heterocycles. The van der Waals surface area contributed by atoms with Gasteiger partial charge < -0.3 is 10.1 Å². The van der Waals surface area contributed by atoms with Crippen LogP contribution in [-0.2, 0) is 22.9 Å². The summed E-state index contributed by atoms with van der Waals surface area (Å²) in [5.41, 5.74) is 3.55. The number of carbonyl (C=O) groups excluding carboxylic acids is 1. The summed E-state index contributed by atoms with van der Waals surface area (Å²) in [5.74, 6) is -0.0944. The third-order valence-electron chi connectivity index (χ3n) is 6.04. The lowest BCUT2D eigenvalue weighted by Gasteiger charge is -2.20. The van der Waals surface area contributed by atoms with Crippen LogP contribution in [0.15, 0.2) is 41.3 Å². The van der Waals surface area contributed by atoms with E-state index in [-0.39, 0.29) is 28.2 Å². The van der Waals surface area contributed by atoms with E-state index in [1.807, 2.05) is 12.1 Å². The van der Waals surface area contributed by atoms with Gasteiger partial charge in [0.25, 0.3) is 5.91 Å². The minimum Gasteiger partial charge on any atom is -0.495 e. The molecule has 2 aromatic rings. The number of aryl methyl sites for hydroxylation is 1. The molecule has 0 radical (unpaired) electrons. The van der Waals surface area contributed by atoms with Crippen molar-refractivity contribution in [2.24, 2.45) is 0 Å². The standard InChI is InChI=1S/C23H28N2O4S/c1-29-21-14-13-17(15-22(21)30(27,28)25-18-9-3-4-10-18)23(26)24-20-12-6-8-16-7-2-5-11-19(16)20/h6,8,12-15,18,25H,2-5,7,9-11H2,1H3,(H,24,26). The fourth-order valence-corrected chi connectivity index (χ4v) is 5.95. The van der Waals surface area contributed by atoms with Crippen molar-refractivity contribution < 1.29 is 17.9 Å². The van der Waals surface area contributed by atoms with E-state index in [4.69, 9.17) is 4.74 Å². The third-order valence-corrected chi connectivity index (χ3v) is 7.58. The zero-order valence-electron chi connectivity index (χ0n) is 17.2. The van der Waals surface area contributed by atoms with Gasteiger partial charge in [-0.3, -0.25) is 4.79 Å². The fraction of sp³-hybridized carbons (Fsp3) is 0.435. The van der Waals surface area contributed by atoms with E-state index in [0.717, 1.165) is 57.1 Å². The molecule has 30 heavy (non-hydrogen) atoms. The van der Waals surface area contributed by atoms with Crippen molar-refractivity contribution in [3.63, 3.8) is 0 Å². The van der Waals surface area contributed by atoms with Crippen molar-refractivity contribution in [2.75, 3.05) is 12.4 Å². The summed E-state index contributed by atoms with van der Waals surface area (Å²) in [7, 11) is -2.35. The SMILES string of the molecule is COc1ccc(C(=O)Nc2cccc3c2CCCC3)cc1S(=O)(=O)NC1CCCC1. The van der Waals surface area contributed by atoms with E-state index >= 15 is 0 Å². The average Bonchev–Trinajstić information content (AvgIpc) is 3.26. The van der Waals surface area contributed by atoms with Gasteiger partial charge >= 0.3 is 0 Å². The second-order valence-electron chi connectivity index (χ2n) is 8.07. The molecule has 0 aromatic heterocycles. The van der Waals surface area contributed by atoms with Crippen LogP contribution in [0.5, 0.6) is 5.75 Å². The Morgan fingerprint density at radius 2 is 1.80 bits per heavy atom. The number of benzene rings is 2. The molecule has 1 saturated carbocycles. The smallest absolute Gasteiger partial charge is 0.255 e. The molecule has 1 amide bonds. The molecule has 2 aliphatic carbocycles. The maximum atomic E-state index is 13.0. The Kier molecular flexibility index (Phi) is 6.11. The van der Waals surface area contributed by atoms with Crippen molar-refractivity contribution in [2.45, 2.75) is 62.3 Å². The second-order valence-corrected chi connectivity index (χ2v) is 9.76. The Labute approximate surface area is 178 Å². The summed E-state index contributed by atoms with van der Waals surface area (Å²) < 4.78 is 34.0. The van der Waals surface area contributed by atoms with Crippen molar-refractivity contribution in [1.82, 2.24) is 4.72 Å². The minimum atomic E-state index is -3.78. The van der Waals surface area contributed by atoms with Crippen LogP contribution in [0.2, 0.25) is 0 Å². The summed E-state index contributed by atoms with van der Waals surface area (Å²) >= 11 is 0. The number of fused-ring (bicyclic) bond motifs is 1. The van der Waals surface area contributed by atoms with Crippen LogP contribution >= 0.6 is 0 Å². The Hall–Kier alpha value is -2.38. The molecule has 2 N–H and O–H groups in total. The molecule has 6 nitrogen and oxygen atoms in total. The molecule has 7 heteroatoms. The molecule has 2 aromatic carbocycles. The van der Waals surface area contributed by atoms with Crippen molar-refractivity contribution in [3.05, 3.63) is 53.1 Å². The normalized spacial score (nSPS) is 16.8. The first-order valence-electron chi connectivity index (χ1n) is 10.6. The van der Waals surface area contributed by atoms with Gasteiger partial charge in [0.1, 0.15) is 10.6 Å². The average molecular weight is 429 g/mol. The van der Waals surface area contributed by atoms with E-state index in [1.54, 1.807) is 12.1 Å². The summed E-state index contributed by atoms with van der Waals surface area (Å²) in [5, 5.41) is 2.98. The molecular formula is C23H28N2O4S. The lowest BCUT2D eigenvalue weighted by molar-refractivity contribution is 0.102. The Morgan fingerprint density at radius 3 is 2.57 bits per heavy atom. The van der Waals surface area contributed by atoms with Gasteiger partial charge in [0.05, 0.1) is 7.11 Å². The highest BCUT2D eigenvalue weighted by atomic mass is 32.2. The first-order valence-corrected chi connectivity index (χ1v) is 12.1. The van der Waals surface area contributed by atoms with Crippen LogP contribution in [0.25, 0.3) is 0 Å². The predicted molar refractivity (Wildman–Crippen MR) is 117 cm³/mol. The molecule has 0 aliphatic heterocycles. The van der Waals surface area contributed by atoms with Gasteiger partial charge in [0.15, 0.2) is 0 Å². The minimum absolute atomic E-state index is 0.000333. The second kappa shape index (κ2) is 8.78. The number of nitrogens with one attached hydrogen (secondary N) is 2. The van der Waals surface area contributed by atoms with Gasteiger partial charge in [-0.15, -0.1) is 0 Å². The first-order chi connectivity index (χ1) is 14.5. The molecule has 0 spiro atoms. The van der Waals surface area contributed by atoms with Gasteiger partial charge in [0, 0.05) is 17.3 Å². The molecule has 160 valence electrons. The molecule has 0 heterocycles. The Morgan fingerprint density at radius 1 is 1.03 bits per heavy atom. The molecule has 4 rings (SSSR count). The summed E-state index contributed by atoms with van der Waals surface area (Å²) in [6.07, 6.45) is 7.95. The number of anilines is 1. The quantitative estimate of drug-likeness (QED) is 0.727. The summed E-state index contributed by atoms with van der Waals surface area (Å²) in [6, 6.07) is 10.4. The topological polar surface area (TPSA) is 84.5 Å². The van der Waals surface area contributed by atoms with Gasteiger partial charge in [-0.25, -0.2) is 13.1 Å². The van der Waals surface area contributed by atoms with Gasteiger partial charge in [-0.05, 0) is 73.9 Å². The first kappa shape index (κ1) is 20.9. The largest absolute Gasteiger partial charge is 0.495 e. The van der Waals surface area contributed by atoms with E-state index in [0.29, 0.717) is 0 Å². The van der Waals surface area contributed by atoms with E-state index < -0.39 is 10.0 Å². The van der Waals surface area contributed by atoms with Crippen LogP contribution in [0, 0.1) is 0 Å². The molecular weight excluding hydrogens is 400 g/mol. The Bertz CT molecular complexity index is 1040. The number of sulfonamides is 1. The summed E-state index contributed by atoms with van der Waals surface area (Å²) in [6.45, 7) is 0. The third kappa shape index (κ3) is 4.37. The van der Waals surface area contributed by atoms with Gasteiger partial charge in [-0.1, -0.05) is 25.0 Å². The number of hydrogen-bond donors (Lipinski definition) is 2. The van der Waals surface area contributed by atoms with Gasteiger partial charge in [-0.2, -0.15) is 0 Å². The van der Waals surface area contributed by atoms with Crippen LogP contribution in [0.4, 0.5) is 5.69 Å². The highest BCUT2D eigenvalue weighted by Gasteiger charge is 2.27. The Balaban J connectivity index is 1.60. The van der Waals surface area contributed by atoms with Crippen LogP contribution in [0.3, 0.4) is 0 Å². The number of ether oxygens (including phenoxy) is 1. The zero-order chi connectivity index (χ0) is 21.1. The van der Waals surface area contributed by atoms with Crippen LogP contribution in [-0.4, -0.2) is 27.5 Å². The van der Waals surface area contributed by atoms with E-state index in [2.05, 4.69) is 16.1 Å². The van der Waals surface area contributed by atoms with E-state index in [1.165, 1.54) is 24.3 Å². The fourth-order valence-electron chi connectivity index (χ4n) is 4.45. The lowest BCUT2D eigenvalue weighted by Crippen LogP contribution is -2.33.